The van der Waals surface area contributed by atoms with E-state index in [9.17, 15) is 9.50 Å². The van der Waals surface area contributed by atoms with E-state index in [1.165, 1.54) is 0 Å². The predicted octanol–water partition coefficient (Wildman–Crippen LogP) is 1.87. The molecule has 1 heterocycles. The van der Waals surface area contributed by atoms with Crippen LogP contribution in [0.5, 0.6) is 0 Å². The van der Waals surface area contributed by atoms with Crippen LogP contribution in [0.15, 0.2) is 0 Å². The van der Waals surface area contributed by atoms with Crippen LogP contribution < -0.4 is 0 Å². The quantitative estimate of drug-likeness (QED) is 0.680. The molecule has 1 N–H and O–H groups in total. The molecule has 1 unspecified atom stereocenters. The first-order valence-corrected chi connectivity index (χ1v) is 5.20. The van der Waals surface area contributed by atoms with Crippen molar-refractivity contribution in [2.75, 3.05) is 0 Å². The lowest BCUT2D eigenvalue weighted by atomic mass is 9.86. The summed E-state index contributed by atoms with van der Waals surface area (Å²) in [5.41, 5.74) is 0. The van der Waals surface area contributed by atoms with Gasteiger partial charge in [-0.05, 0) is 24.7 Å². The second kappa shape index (κ2) is 3.54. The first-order valence-electron chi connectivity index (χ1n) is 5.20. The van der Waals surface area contributed by atoms with E-state index in [-0.39, 0.29) is 12.0 Å². The fraction of sp³-hybridized carbons (Fsp3) is 1.00. The van der Waals surface area contributed by atoms with Crippen molar-refractivity contribution in [3.05, 3.63) is 0 Å². The molecule has 0 aromatic carbocycles. The molecule has 3 heteroatoms. The van der Waals surface area contributed by atoms with Gasteiger partial charge < -0.3 is 9.84 Å². The average Bonchev–Trinajstić information content (AvgIpc) is 2.39. The van der Waals surface area contributed by atoms with Crippen LogP contribution in [0.4, 0.5) is 4.39 Å². The summed E-state index contributed by atoms with van der Waals surface area (Å²) in [6.45, 7) is 2.03. The van der Waals surface area contributed by atoms with Crippen molar-refractivity contribution in [1.29, 1.82) is 0 Å². The third-order valence-electron chi connectivity index (χ3n) is 3.50. The maximum absolute atomic E-state index is 13.5. The smallest absolute Gasteiger partial charge is 0.154 e. The Morgan fingerprint density at radius 2 is 2.23 bits per heavy atom. The van der Waals surface area contributed by atoms with Gasteiger partial charge in [0.15, 0.2) is 6.29 Å². The van der Waals surface area contributed by atoms with E-state index in [1.807, 2.05) is 6.92 Å². The molecule has 0 aromatic heterocycles. The Morgan fingerprint density at radius 3 is 2.92 bits per heavy atom. The minimum Gasteiger partial charge on any atom is -0.368 e. The Morgan fingerprint density at radius 1 is 1.46 bits per heavy atom. The molecule has 76 valence electrons. The molecule has 0 spiro atoms. The molecule has 0 amide bonds. The van der Waals surface area contributed by atoms with E-state index < -0.39 is 12.5 Å². The Bertz CT molecular complexity index is 186. The van der Waals surface area contributed by atoms with E-state index in [0.29, 0.717) is 18.8 Å². The van der Waals surface area contributed by atoms with E-state index in [2.05, 4.69) is 0 Å². The number of alkyl halides is 1. The summed E-state index contributed by atoms with van der Waals surface area (Å²) < 4.78 is 18.8. The molecular weight excluding hydrogens is 171 g/mol. The summed E-state index contributed by atoms with van der Waals surface area (Å²) >= 11 is 0. The monoisotopic (exact) mass is 188 g/mol. The van der Waals surface area contributed by atoms with Crippen LogP contribution in [0, 0.1) is 11.8 Å². The van der Waals surface area contributed by atoms with E-state index in [4.69, 9.17) is 4.74 Å². The molecule has 5 atom stereocenters. The summed E-state index contributed by atoms with van der Waals surface area (Å²) in [4.78, 5) is 0. The van der Waals surface area contributed by atoms with Gasteiger partial charge in [0.1, 0.15) is 6.17 Å². The van der Waals surface area contributed by atoms with Gasteiger partial charge in [0.25, 0.3) is 0 Å². The van der Waals surface area contributed by atoms with Gasteiger partial charge in [-0.1, -0.05) is 13.3 Å². The number of fused-ring (bicyclic) bond motifs is 1. The SMILES string of the molecule is CC[C@@H]1[C@H]2CCC(O)O[C@H]2C[C@@H]1F. The van der Waals surface area contributed by atoms with Crippen LogP contribution in [0.1, 0.15) is 32.6 Å². The van der Waals surface area contributed by atoms with E-state index >= 15 is 0 Å². The number of aliphatic hydroxyl groups excluding tert-OH is 1. The van der Waals surface area contributed by atoms with Crippen molar-refractivity contribution >= 4 is 0 Å². The predicted molar refractivity (Wildman–Crippen MR) is 46.9 cm³/mol. The van der Waals surface area contributed by atoms with Gasteiger partial charge in [0, 0.05) is 6.42 Å². The maximum Gasteiger partial charge on any atom is 0.154 e. The van der Waals surface area contributed by atoms with Gasteiger partial charge in [0.05, 0.1) is 6.10 Å². The summed E-state index contributed by atoms with van der Waals surface area (Å²) in [7, 11) is 0. The molecule has 2 aliphatic rings. The highest BCUT2D eigenvalue weighted by Gasteiger charge is 2.45. The highest BCUT2D eigenvalue weighted by Crippen LogP contribution is 2.44. The van der Waals surface area contributed by atoms with Crippen molar-refractivity contribution in [1.82, 2.24) is 0 Å². The Labute approximate surface area is 78.1 Å². The number of ether oxygens (including phenoxy) is 1. The largest absolute Gasteiger partial charge is 0.368 e. The van der Waals surface area contributed by atoms with Crippen LogP contribution in [0.2, 0.25) is 0 Å². The molecule has 2 rings (SSSR count). The van der Waals surface area contributed by atoms with Crippen LogP contribution in [-0.4, -0.2) is 23.7 Å². The lowest BCUT2D eigenvalue weighted by Crippen LogP contribution is -2.33. The van der Waals surface area contributed by atoms with Crippen LogP contribution in [0.3, 0.4) is 0 Å². The zero-order valence-electron chi connectivity index (χ0n) is 7.95. The van der Waals surface area contributed by atoms with Crippen molar-refractivity contribution < 1.29 is 14.2 Å². The molecule has 1 aliphatic heterocycles. The molecule has 1 saturated heterocycles. The summed E-state index contributed by atoms with van der Waals surface area (Å²) in [5, 5.41) is 9.26. The normalized spacial score (nSPS) is 50.5. The Kier molecular flexibility index (Phi) is 2.56. The van der Waals surface area contributed by atoms with E-state index in [0.717, 1.165) is 12.8 Å². The lowest BCUT2D eigenvalue weighted by molar-refractivity contribution is -0.178. The fourth-order valence-corrected chi connectivity index (χ4v) is 2.84. The molecule has 2 fully saturated rings. The number of hydrogen-bond donors (Lipinski definition) is 1. The number of halogens is 1. The molecule has 1 saturated carbocycles. The first-order chi connectivity index (χ1) is 6.22. The van der Waals surface area contributed by atoms with Crippen LogP contribution >= 0.6 is 0 Å². The third-order valence-corrected chi connectivity index (χ3v) is 3.50. The third kappa shape index (κ3) is 1.59. The molecule has 2 nitrogen and oxygen atoms in total. The molecular formula is C10H17FO2. The Hall–Kier alpha value is -0.150. The Balaban J connectivity index is 2.04. The summed E-state index contributed by atoms with van der Waals surface area (Å²) in [5.74, 6) is 0.515. The second-order valence-corrected chi connectivity index (χ2v) is 4.19. The highest BCUT2D eigenvalue weighted by molar-refractivity contribution is 4.93. The number of aliphatic hydroxyl groups is 1. The van der Waals surface area contributed by atoms with Crippen molar-refractivity contribution in [2.45, 2.75) is 51.2 Å². The van der Waals surface area contributed by atoms with E-state index in [1.54, 1.807) is 0 Å². The molecule has 0 aromatic rings. The number of rotatable bonds is 1. The van der Waals surface area contributed by atoms with Crippen molar-refractivity contribution in [2.24, 2.45) is 11.8 Å². The minimum absolute atomic E-state index is 0.0244. The molecule has 0 bridgehead atoms. The zero-order chi connectivity index (χ0) is 9.42. The maximum atomic E-state index is 13.5. The lowest BCUT2D eigenvalue weighted by Gasteiger charge is -2.31. The molecule has 13 heavy (non-hydrogen) atoms. The van der Waals surface area contributed by atoms with Crippen molar-refractivity contribution in [3.63, 3.8) is 0 Å². The van der Waals surface area contributed by atoms with Gasteiger partial charge in [0.2, 0.25) is 0 Å². The van der Waals surface area contributed by atoms with Gasteiger partial charge in [-0.15, -0.1) is 0 Å². The van der Waals surface area contributed by atoms with Crippen LogP contribution in [0.25, 0.3) is 0 Å². The zero-order valence-corrected chi connectivity index (χ0v) is 7.95. The summed E-state index contributed by atoms with van der Waals surface area (Å²) in [6, 6.07) is 0. The fourth-order valence-electron chi connectivity index (χ4n) is 2.84. The second-order valence-electron chi connectivity index (χ2n) is 4.19. The minimum atomic E-state index is -0.717. The first kappa shape index (κ1) is 9.41. The van der Waals surface area contributed by atoms with Gasteiger partial charge in [-0.25, -0.2) is 4.39 Å². The average molecular weight is 188 g/mol. The summed E-state index contributed by atoms with van der Waals surface area (Å²) in [6.07, 6.45) is 1.58. The standard InChI is InChI=1S/C10H17FO2/c1-2-6-7-3-4-10(12)13-9(7)5-8(6)11/h6-10,12H,2-5H2,1H3/t6-,7-,8+,9+,10?/m1/s1. The molecule has 0 radical (unpaired) electrons. The highest BCUT2D eigenvalue weighted by atomic mass is 19.1. The van der Waals surface area contributed by atoms with Crippen LogP contribution in [-0.2, 0) is 4.74 Å². The molecule has 1 aliphatic carbocycles. The van der Waals surface area contributed by atoms with Crippen molar-refractivity contribution in [3.8, 4) is 0 Å². The van der Waals surface area contributed by atoms with Gasteiger partial charge in [-0.3, -0.25) is 0 Å². The number of hydrogen-bond acceptors (Lipinski definition) is 2. The van der Waals surface area contributed by atoms with Gasteiger partial charge in [-0.2, -0.15) is 0 Å². The topological polar surface area (TPSA) is 29.5 Å². The van der Waals surface area contributed by atoms with Gasteiger partial charge >= 0.3 is 0 Å².